The number of allylic oxidation sites excluding steroid dienone is 2. The third-order valence-electron chi connectivity index (χ3n) is 4.88. The highest BCUT2D eigenvalue weighted by molar-refractivity contribution is 14.1. The van der Waals surface area contributed by atoms with Gasteiger partial charge in [-0.2, -0.15) is 26.3 Å². The van der Waals surface area contributed by atoms with Gasteiger partial charge in [0.2, 0.25) is 0 Å². The molecule has 0 aromatic heterocycles. The fraction of sp³-hybridized carbons (Fsp3) is 0.632. The highest BCUT2D eigenvalue weighted by Gasteiger charge is 2.74. The van der Waals surface area contributed by atoms with Crippen molar-refractivity contribution in [2.24, 2.45) is 0 Å². The number of carbonyl (C=O) groups is 1. The van der Waals surface area contributed by atoms with E-state index in [1.807, 2.05) is 0 Å². The first-order valence-electron chi connectivity index (χ1n) is 9.03. The van der Waals surface area contributed by atoms with Crippen LogP contribution < -0.4 is 0 Å². The summed E-state index contributed by atoms with van der Waals surface area (Å²) in [5, 5.41) is 9.56. The second-order valence-electron chi connectivity index (χ2n) is 7.00. The maximum atomic E-state index is 13.1. The van der Waals surface area contributed by atoms with Crippen molar-refractivity contribution in [3.63, 3.8) is 0 Å². The van der Waals surface area contributed by atoms with Gasteiger partial charge in [0, 0.05) is 0 Å². The number of halogens is 7. The first kappa shape index (κ1) is 27.0. The van der Waals surface area contributed by atoms with Crippen LogP contribution in [0.15, 0.2) is 34.1 Å². The molecule has 1 aliphatic rings. The zero-order valence-electron chi connectivity index (χ0n) is 16.4. The van der Waals surface area contributed by atoms with Crippen LogP contribution in [0.1, 0.15) is 46.0 Å². The predicted octanol–water partition coefficient (Wildman–Crippen LogP) is 5.90. The standard InChI is InChI=1S/C19H23F6IO4/c1-4-14(29-15(27)12(2)26)8-7-11-16(9-5-6-10-16)30-13(3)17(28,18(20,21)22)19(23,24)25/h4,7-8,13,28H,2,5-6,9-11H2,1,3H3/b8-7-,14-4+. The SMILES string of the molecule is C=C(I)C(=O)OC(/C=C\CC1(OC(C)C(O)(C(F)(F)F)C(F)(F)F)CCCC1)=C/C. The van der Waals surface area contributed by atoms with Gasteiger partial charge in [0.15, 0.2) is 0 Å². The lowest BCUT2D eigenvalue weighted by atomic mass is 9.92. The van der Waals surface area contributed by atoms with Gasteiger partial charge in [-0.25, -0.2) is 4.79 Å². The van der Waals surface area contributed by atoms with Crippen molar-refractivity contribution in [2.45, 2.75) is 75.6 Å². The first-order valence-corrected chi connectivity index (χ1v) is 10.1. The summed E-state index contributed by atoms with van der Waals surface area (Å²) in [6.45, 7) is 5.57. The van der Waals surface area contributed by atoms with Crippen molar-refractivity contribution >= 4 is 28.6 Å². The lowest BCUT2D eigenvalue weighted by molar-refractivity contribution is -0.398. The van der Waals surface area contributed by atoms with E-state index in [2.05, 4.69) is 6.58 Å². The lowest BCUT2D eigenvalue weighted by Gasteiger charge is -2.41. The topological polar surface area (TPSA) is 55.8 Å². The monoisotopic (exact) mass is 556 g/mol. The molecule has 0 heterocycles. The number of aliphatic hydroxyl groups is 1. The average Bonchev–Trinajstić information content (AvgIpc) is 3.06. The number of hydrogen-bond donors (Lipinski definition) is 1. The van der Waals surface area contributed by atoms with Crippen LogP contribution in [0.5, 0.6) is 0 Å². The summed E-state index contributed by atoms with van der Waals surface area (Å²) in [5.74, 6) is -0.546. The Labute approximate surface area is 184 Å². The van der Waals surface area contributed by atoms with Gasteiger partial charge in [0.25, 0.3) is 5.60 Å². The molecular formula is C19H23F6IO4. The van der Waals surface area contributed by atoms with Gasteiger partial charge in [0.05, 0.1) is 9.18 Å². The summed E-state index contributed by atoms with van der Waals surface area (Å²) in [7, 11) is 0. The van der Waals surface area contributed by atoms with Gasteiger partial charge in [-0.1, -0.05) is 25.5 Å². The van der Waals surface area contributed by atoms with Crippen molar-refractivity contribution in [1.82, 2.24) is 0 Å². The molecule has 0 aliphatic heterocycles. The molecule has 0 bridgehead atoms. The van der Waals surface area contributed by atoms with Crippen LogP contribution in [0.4, 0.5) is 26.3 Å². The Kier molecular flexibility index (Phi) is 9.01. The molecule has 1 rings (SSSR count). The summed E-state index contributed by atoms with van der Waals surface area (Å²) >= 11 is 1.67. The minimum atomic E-state index is -5.96. The molecule has 1 saturated carbocycles. The van der Waals surface area contributed by atoms with E-state index in [0.717, 1.165) is 0 Å². The predicted molar refractivity (Wildman–Crippen MR) is 106 cm³/mol. The van der Waals surface area contributed by atoms with Gasteiger partial charge in [-0.15, -0.1) is 0 Å². The molecular weight excluding hydrogens is 533 g/mol. The number of alkyl halides is 6. The second kappa shape index (κ2) is 10.0. The average molecular weight is 556 g/mol. The molecule has 1 fully saturated rings. The van der Waals surface area contributed by atoms with E-state index in [1.54, 1.807) is 29.5 Å². The zero-order chi connectivity index (χ0) is 23.4. The number of ether oxygens (including phenoxy) is 2. The summed E-state index contributed by atoms with van der Waals surface area (Å²) in [6, 6.07) is 0. The maximum Gasteiger partial charge on any atom is 0.428 e. The zero-order valence-corrected chi connectivity index (χ0v) is 18.5. The Morgan fingerprint density at radius 3 is 2.10 bits per heavy atom. The van der Waals surface area contributed by atoms with Gasteiger partial charge in [-0.3, -0.25) is 0 Å². The van der Waals surface area contributed by atoms with Gasteiger partial charge >= 0.3 is 18.3 Å². The largest absolute Gasteiger partial charge is 0.428 e. The fourth-order valence-corrected chi connectivity index (χ4v) is 3.32. The first-order chi connectivity index (χ1) is 13.6. The lowest BCUT2D eigenvalue weighted by Crippen LogP contribution is -2.65. The molecule has 1 atom stereocenters. The molecule has 0 spiro atoms. The smallest absolute Gasteiger partial charge is 0.423 e. The number of carbonyl (C=O) groups excluding carboxylic acids is 1. The Bertz CT molecular complexity index is 676. The molecule has 0 aromatic rings. The molecule has 0 aromatic carbocycles. The van der Waals surface area contributed by atoms with E-state index < -0.39 is 35.6 Å². The molecule has 1 unspecified atom stereocenters. The maximum absolute atomic E-state index is 13.1. The Morgan fingerprint density at radius 1 is 1.20 bits per heavy atom. The highest BCUT2D eigenvalue weighted by atomic mass is 127. The van der Waals surface area contributed by atoms with Crippen molar-refractivity contribution in [2.75, 3.05) is 0 Å². The summed E-state index contributed by atoms with van der Waals surface area (Å²) in [6.07, 6.45) is -8.68. The van der Waals surface area contributed by atoms with Crippen LogP contribution >= 0.6 is 22.6 Å². The summed E-state index contributed by atoms with van der Waals surface area (Å²) in [4.78, 5) is 11.6. The van der Waals surface area contributed by atoms with E-state index in [0.29, 0.717) is 19.8 Å². The van der Waals surface area contributed by atoms with E-state index in [1.165, 1.54) is 18.2 Å². The molecule has 0 radical (unpaired) electrons. The highest BCUT2D eigenvalue weighted by Crippen LogP contribution is 2.48. The van der Waals surface area contributed by atoms with E-state index >= 15 is 0 Å². The quantitative estimate of drug-likeness (QED) is 0.101. The molecule has 172 valence electrons. The van der Waals surface area contributed by atoms with E-state index in [-0.39, 0.29) is 28.6 Å². The summed E-state index contributed by atoms with van der Waals surface area (Å²) < 4.78 is 89.1. The number of hydrogen-bond acceptors (Lipinski definition) is 4. The van der Waals surface area contributed by atoms with Crippen LogP contribution in [-0.4, -0.2) is 40.7 Å². The third kappa shape index (κ3) is 6.22. The Morgan fingerprint density at radius 2 is 1.70 bits per heavy atom. The van der Waals surface area contributed by atoms with Gasteiger partial charge in [0.1, 0.15) is 11.9 Å². The van der Waals surface area contributed by atoms with Crippen molar-refractivity contribution in [1.29, 1.82) is 0 Å². The molecule has 11 heteroatoms. The molecule has 0 amide bonds. The third-order valence-corrected chi connectivity index (χ3v) is 5.32. The van der Waals surface area contributed by atoms with E-state index in [4.69, 9.17) is 9.47 Å². The van der Waals surface area contributed by atoms with Crippen LogP contribution in [-0.2, 0) is 14.3 Å². The van der Waals surface area contributed by atoms with Gasteiger partial charge < -0.3 is 14.6 Å². The van der Waals surface area contributed by atoms with Crippen LogP contribution in [0.25, 0.3) is 0 Å². The summed E-state index contributed by atoms with van der Waals surface area (Å²) in [5.41, 5.74) is -6.31. The minimum absolute atomic E-state index is 0.0246. The van der Waals surface area contributed by atoms with Crippen molar-refractivity contribution in [3.05, 3.63) is 34.1 Å². The molecule has 4 nitrogen and oxygen atoms in total. The number of rotatable bonds is 8. The molecule has 0 saturated heterocycles. The number of esters is 1. The minimum Gasteiger partial charge on any atom is -0.423 e. The molecule has 1 aliphatic carbocycles. The Hall–Kier alpha value is -1.08. The normalized spacial score (nSPS) is 19.2. The van der Waals surface area contributed by atoms with Crippen LogP contribution in [0.3, 0.4) is 0 Å². The molecule has 1 N–H and O–H groups in total. The second-order valence-corrected chi connectivity index (χ2v) is 8.31. The Balaban J connectivity index is 3.03. The fourth-order valence-electron chi connectivity index (χ4n) is 3.21. The van der Waals surface area contributed by atoms with Gasteiger partial charge in [-0.05, 0) is 67.9 Å². The van der Waals surface area contributed by atoms with Crippen LogP contribution in [0.2, 0.25) is 0 Å². The van der Waals surface area contributed by atoms with Crippen molar-refractivity contribution in [3.8, 4) is 0 Å². The van der Waals surface area contributed by atoms with Crippen LogP contribution in [0, 0.1) is 0 Å². The van der Waals surface area contributed by atoms with Crippen molar-refractivity contribution < 1.29 is 45.7 Å². The van der Waals surface area contributed by atoms with E-state index in [9.17, 15) is 36.2 Å². The molecule has 30 heavy (non-hydrogen) atoms.